The van der Waals surface area contributed by atoms with Gasteiger partial charge in [-0.3, -0.25) is 4.79 Å². The van der Waals surface area contributed by atoms with Crippen LogP contribution in [0, 0.1) is 40.4 Å². The number of hydrogen-bond donors (Lipinski definition) is 4. The molecule has 0 radical (unpaired) electrons. The lowest BCUT2D eigenvalue weighted by atomic mass is 9.46. The molecule has 8 heteroatoms. The highest BCUT2D eigenvalue weighted by Crippen LogP contribution is 2.69. The van der Waals surface area contributed by atoms with E-state index >= 15 is 0 Å². The minimum atomic E-state index is -1.43. The van der Waals surface area contributed by atoms with Gasteiger partial charge >= 0.3 is 0 Å². The molecule has 2 heterocycles. The third-order valence-corrected chi connectivity index (χ3v) is 12.4. The number of allylic oxidation sites excluding steroid dienone is 2. The van der Waals surface area contributed by atoms with Gasteiger partial charge in [0.2, 0.25) is 0 Å². The second-order valence-electron chi connectivity index (χ2n) is 14.7. The van der Waals surface area contributed by atoms with E-state index in [2.05, 4.69) is 27.7 Å². The first-order valence-electron chi connectivity index (χ1n) is 16.0. The third-order valence-electron chi connectivity index (χ3n) is 12.4. The maximum absolute atomic E-state index is 12.2. The Morgan fingerprint density at radius 2 is 1.85 bits per heavy atom. The minimum Gasteiger partial charge on any atom is -0.494 e. The molecule has 41 heavy (non-hydrogen) atoms. The highest BCUT2D eigenvalue weighted by molar-refractivity contribution is 5.91. The fourth-order valence-electron chi connectivity index (χ4n) is 10.1. The number of hydrogen-bond acceptors (Lipinski definition) is 8. The SMILES string of the molecule is CC1=C(CC[C@H](C)CO[C@@H]2O[C@H](CO)[C@@H](O)[C@H](O)[C@H]2O)O[C@H]2C[C@H]3[C@@H]4CCC5=CC(=O)CC[C@]5(C)[C@H]4CC[C@]3(C)[C@@H]12. The van der Waals surface area contributed by atoms with Crippen molar-refractivity contribution in [3.8, 4) is 0 Å². The molecule has 0 spiro atoms. The highest BCUT2D eigenvalue weighted by Gasteiger charge is 2.63. The molecule has 6 rings (SSSR count). The quantitative estimate of drug-likeness (QED) is 0.363. The Labute approximate surface area is 244 Å². The first-order chi connectivity index (χ1) is 19.5. The summed E-state index contributed by atoms with van der Waals surface area (Å²) < 4.78 is 18.0. The summed E-state index contributed by atoms with van der Waals surface area (Å²) in [4.78, 5) is 12.2. The first kappa shape index (κ1) is 29.8. The van der Waals surface area contributed by atoms with E-state index in [1.807, 2.05) is 6.08 Å². The van der Waals surface area contributed by atoms with Crippen molar-refractivity contribution in [3.63, 3.8) is 0 Å². The molecular formula is C33H50O8. The molecule has 0 amide bonds. The molecule has 0 aromatic rings. The molecule has 230 valence electrons. The average molecular weight is 575 g/mol. The van der Waals surface area contributed by atoms with Crippen LogP contribution in [0.5, 0.6) is 0 Å². The van der Waals surface area contributed by atoms with E-state index in [0.29, 0.717) is 42.5 Å². The lowest BCUT2D eigenvalue weighted by Crippen LogP contribution is -2.59. The van der Waals surface area contributed by atoms with Crippen LogP contribution < -0.4 is 0 Å². The Hall–Kier alpha value is -1.29. The lowest BCUT2D eigenvalue weighted by molar-refractivity contribution is -0.303. The summed E-state index contributed by atoms with van der Waals surface area (Å²) in [5.74, 6) is 4.17. The van der Waals surface area contributed by atoms with E-state index in [4.69, 9.17) is 14.2 Å². The first-order valence-corrected chi connectivity index (χ1v) is 16.0. The van der Waals surface area contributed by atoms with Crippen molar-refractivity contribution >= 4 is 5.78 Å². The van der Waals surface area contributed by atoms with Gasteiger partial charge in [-0.2, -0.15) is 0 Å². The number of rotatable bonds is 7. The molecule has 0 unspecified atom stereocenters. The predicted molar refractivity (Wildman–Crippen MR) is 151 cm³/mol. The van der Waals surface area contributed by atoms with Crippen LogP contribution >= 0.6 is 0 Å². The number of carbonyl (C=O) groups excluding carboxylic acids is 1. The maximum Gasteiger partial charge on any atom is 0.186 e. The van der Waals surface area contributed by atoms with Gasteiger partial charge in [0.25, 0.3) is 0 Å². The smallest absolute Gasteiger partial charge is 0.186 e. The average Bonchev–Trinajstić information content (AvgIpc) is 3.43. The second kappa shape index (κ2) is 11.0. The Morgan fingerprint density at radius 1 is 1.07 bits per heavy atom. The topological polar surface area (TPSA) is 126 Å². The van der Waals surface area contributed by atoms with Gasteiger partial charge in [0.1, 0.15) is 30.5 Å². The predicted octanol–water partition coefficient (Wildman–Crippen LogP) is 3.65. The summed E-state index contributed by atoms with van der Waals surface area (Å²) in [7, 11) is 0. The number of fused-ring (bicyclic) bond motifs is 7. The van der Waals surface area contributed by atoms with Crippen LogP contribution in [0.3, 0.4) is 0 Å². The minimum absolute atomic E-state index is 0.165. The number of aliphatic hydroxyl groups excluding tert-OH is 4. The molecule has 1 saturated heterocycles. The summed E-state index contributed by atoms with van der Waals surface area (Å²) in [6, 6.07) is 0. The summed E-state index contributed by atoms with van der Waals surface area (Å²) in [6.45, 7) is 9.20. The molecule has 8 nitrogen and oxygen atoms in total. The van der Waals surface area contributed by atoms with Gasteiger partial charge in [-0.15, -0.1) is 0 Å². The van der Waals surface area contributed by atoms with E-state index < -0.39 is 37.3 Å². The number of ether oxygens (including phenoxy) is 3. The van der Waals surface area contributed by atoms with Crippen molar-refractivity contribution < 1.29 is 39.4 Å². The zero-order valence-corrected chi connectivity index (χ0v) is 25.1. The largest absolute Gasteiger partial charge is 0.494 e. The fourth-order valence-corrected chi connectivity index (χ4v) is 10.1. The van der Waals surface area contributed by atoms with Crippen LogP contribution in [-0.2, 0) is 19.0 Å². The normalized spacial score (nSPS) is 48.1. The molecule has 0 aromatic carbocycles. The van der Waals surface area contributed by atoms with Gasteiger partial charge in [-0.05, 0) is 98.0 Å². The zero-order valence-electron chi connectivity index (χ0n) is 25.1. The van der Waals surface area contributed by atoms with Gasteiger partial charge in [0.05, 0.1) is 19.0 Å². The molecule has 0 bridgehead atoms. The van der Waals surface area contributed by atoms with E-state index in [0.717, 1.165) is 37.9 Å². The van der Waals surface area contributed by atoms with Crippen molar-refractivity contribution in [2.45, 2.75) is 122 Å². The van der Waals surface area contributed by atoms with Crippen molar-refractivity contribution in [2.75, 3.05) is 13.2 Å². The Morgan fingerprint density at radius 3 is 2.61 bits per heavy atom. The van der Waals surface area contributed by atoms with Crippen molar-refractivity contribution in [1.29, 1.82) is 0 Å². The molecular weight excluding hydrogens is 524 g/mol. The Balaban J connectivity index is 1.07. The molecule has 3 saturated carbocycles. The second-order valence-corrected chi connectivity index (χ2v) is 14.7. The monoisotopic (exact) mass is 574 g/mol. The van der Waals surface area contributed by atoms with E-state index in [1.165, 1.54) is 30.4 Å². The number of carbonyl (C=O) groups is 1. The van der Waals surface area contributed by atoms with Crippen LogP contribution in [0.2, 0.25) is 0 Å². The summed E-state index contributed by atoms with van der Waals surface area (Å²) in [5, 5.41) is 39.7. The molecule has 2 aliphatic heterocycles. The highest BCUT2D eigenvalue weighted by atomic mass is 16.7. The van der Waals surface area contributed by atoms with Gasteiger partial charge in [-0.25, -0.2) is 0 Å². The van der Waals surface area contributed by atoms with Crippen LogP contribution in [0.25, 0.3) is 0 Å². The molecule has 6 aliphatic rings. The maximum atomic E-state index is 12.2. The molecule has 4 N–H and O–H groups in total. The van der Waals surface area contributed by atoms with E-state index in [1.54, 1.807) is 0 Å². The fraction of sp³-hybridized carbons (Fsp3) is 0.848. The Bertz CT molecular complexity index is 1080. The third kappa shape index (κ3) is 4.85. The molecule has 4 fully saturated rings. The number of aliphatic hydroxyl groups is 4. The Kier molecular flexibility index (Phi) is 7.99. The van der Waals surface area contributed by atoms with Gasteiger partial charge < -0.3 is 34.6 Å². The van der Waals surface area contributed by atoms with Crippen molar-refractivity contribution in [1.82, 2.24) is 0 Å². The van der Waals surface area contributed by atoms with E-state index in [9.17, 15) is 25.2 Å². The van der Waals surface area contributed by atoms with Gasteiger partial charge in [-0.1, -0.05) is 26.3 Å². The summed E-state index contributed by atoms with van der Waals surface area (Å²) in [5.41, 5.74) is 3.31. The lowest BCUT2D eigenvalue weighted by Gasteiger charge is -2.58. The molecule has 0 aromatic heterocycles. The van der Waals surface area contributed by atoms with Crippen LogP contribution in [0.15, 0.2) is 23.0 Å². The standard InChI is InChI=1S/C33H50O8/c1-17(16-39-31-30(38)29(37)28(36)26(15-34)41-31)5-8-24-18(2)27-25(40-24)14-23-21-7-6-19-13-20(35)9-11-32(19,3)22(21)10-12-33(23,27)4/h13,17,21-23,25-31,34,36-38H,5-12,14-16H2,1-4H3/t17-,21+,22-,23-,25-,26+,27-,28+,29-,30+,31+,32-,33-/m0/s1. The summed E-state index contributed by atoms with van der Waals surface area (Å²) in [6.07, 6.45) is 5.34. The summed E-state index contributed by atoms with van der Waals surface area (Å²) >= 11 is 0. The molecule has 4 aliphatic carbocycles. The van der Waals surface area contributed by atoms with Gasteiger partial charge in [0, 0.05) is 18.8 Å². The van der Waals surface area contributed by atoms with Crippen LogP contribution in [-0.4, -0.2) is 76.2 Å². The zero-order chi connectivity index (χ0) is 29.3. The molecule has 13 atom stereocenters. The number of ketones is 1. The van der Waals surface area contributed by atoms with E-state index in [-0.39, 0.29) is 22.9 Å². The van der Waals surface area contributed by atoms with Crippen LogP contribution in [0.4, 0.5) is 0 Å². The van der Waals surface area contributed by atoms with Crippen LogP contribution in [0.1, 0.15) is 85.5 Å². The van der Waals surface area contributed by atoms with Crippen molar-refractivity contribution in [2.24, 2.45) is 40.4 Å². The van der Waals surface area contributed by atoms with Crippen molar-refractivity contribution in [3.05, 3.63) is 23.0 Å². The van der Waals surface area contributed by atoms with Gasteiger partial charge in [0.15, 0.2) is 12.1 Å².